The van der Waals surface area contributed by atoms with E-state index >= 15 is 0 Å². The predicted molar refractivity (Wildman–Crippen MR) is 150 cm³/mol. The van der Waals surface area contributed by atoms with Gasteiger partial charge in [0.1, 0.15) is 30.7 Å². The number of esters is 2. The highest BCUT2D eigenvalue weighted by atomic mass is 16.7. The molecule has 232 valence electrons. The summed E-state index contributed by atoms with van der Waals surface area (Å²) in [5.74, 6) is -2.51. The number of ether oxygens (including phenoxy) is 5. The third-order valence-electron chi connectivity index (χ3n) is 7.53. The highest BCUT2D eigenvalue weighted by molar-refractivity contribution is 5.91. The summed E-state index contributed by atoms with van der Waals surface area (Å²) in [4.78, 5) is 51.8. The van der Waals surface area contributed by atoms with Crippen LogP contribution in [0, 0.1) is 11.8 Å². The minimum Gasteiger partial charge on any atom is -0.462 e. The van der Waals surface area contributed by atoms with E-state index < -0.39 is 60.6 Å². The molecule has 0 amide bonds. The van der Waals surface area contributed by atoms with E-state index in [-0.39, 0.29) is 37.2 Å². The highest BCUT2D eigenvalue weighted by Gasteiger charge is 2.45. The first-order chi connectivity index (χ1) is 19.4. The molecule has 0 aromatic carbocycles. The van der Waals surface area contributed by atoms with Crippen molar-refractivity contribution in [2.24, 2.45) is 11.8 Å². The summed E-state index contributed by atoms with van der Waals surface area (Å²) in [5.41, 5.74) is 0. The van der Waals surface area contributed by atoms with Crippen LogP contribution in [0.5, 0.6) is 0 Å². The molecule has 41 heavy (non-hydrogen) atoms. The second-order valence-corrected chi connectivity index (χ2v) is 11.3. The summed E-state index contributed by atoms with van der Waals surface area (Å²) >= 11 is 0. The van der Waals surface area contributed by atoms with Crippen molar-refractivity contribution in [3.05, 3.63) is 24.3 Å². The van der Waals surface area contributed by atoms with Crippen molar-refractivity contribution < 1.29 is 48.0 Å². The van der Waals surface area contributed by atoms with E-state index in [2.05, 4.69) is 0 Å². The molecule has 0 spiro atoms. The Hall–Kier alpha value is -2.44. The number of aliphatic hydroxyl groups excluding tert-OH is 1. The van der Waals surface area contributed by atoms with E-state index in [0.29, 0.717) is 12.8 Å². The van der Waals surface area contributed by atoms with Crippen LogP contribution < -0.4 is 0 Å². The van der Waals surface area contributed by atoms with Gasteiger partial charge in [0, 0.05) is 38.8 Å². The number of methoxy groups -OCH3 is 1. The molecule has 2 heterocycles. The molecule has 0 aliphatic carbocycles. The van der Waals surface area contributed by atoms with Crippen LogP contribution >= 0.6 is 0 Å². The van der Waals surface area contributed by atoms with Crippen LogP contribution in [0.3, 0.4) is 0 Å². The minimum atomic E-state index is -1.14. The molecule has 0 unspecified atom stereocenters. The number of cyclic esters (lactones) is 1. The average molecular weight is 582 g/mol. The first-order valence-electron chi connectivity index (χ1n) is 14.2. The number of carbonyl (C=O) groups excluding carboxylic acids is 4. The maximum atomic E-state index is 12.9. The number of likely N-dealkylation sites (N-methyl/N-ethyl adjacent to an activating group) is 1. The number of nitrogens with zero attached hydrogens (tertiary/aromatic N) is 1. The number of allylic oxidation sites excluding steroid dienone is 3. The Labute approximate surface area is 243 Å². The van der Waals surface area contributed by atoms with Gasteiger partial charge in [0.05, 0.1) is 18.6 Å². The third kappa shape index (κ3) is 10.7. The normalized spacial score (nSPS) is 37.7. The zero-order valence-corrected chi connectivity index (χ0v) is 25.3. The number of hydrogen-bond donors (Lipinski definition) is 1. The Morgan fingerprint density at radius 3 is 2.44 bits per heavy atom. The van der Waals surface area contributed by atoms with Crippen LogP contribution in [0.25, 0.3) is 0 Å². The summed E-state index contributed by atoms with van der Waals surface area (Å²) in [5, 5.41) is 11.2. The molecule has 0 aromatic heterocycles. The van der Waals surface area contributed by atoms with Gasteiger partial charge in [0.2, 0.25) is 0 Å². The molecule has 2 aliphatic heterocycles. The lowest BCUT2D eigenvalue weighted by Gasteiger charge is -2.44. The lowest BCUT2D eigenvalue weighted by Crippen LogP contribution is -2.57. The molecule has 0 radical (unpaired) electrons. The molecule has 1 saturated heterocycles. The fraction of sp³-hybridized carbons (Fsp3) is 0.733. The molecule has 0 bridgehead atoms. The van der Waals surface area contributed by atoms with Crippen LogP contribution in [0.4, 0.5) is 0 Å². The molecule has 10 atom stereocenters. The van der Waals surface area contributed by atoms with Gasteiger partial charge in [-0.2, -0.15) is 0 Å². The number of aldehydes is 1. The van der Waals surface area contributed by atoms with E-state index in [9.17, 15) is 24.3 Å². The lowest BCUT2D eigenvalue weighted by molar-refractivity contribution is -0.290. The predicted octanol–water partition coefficient (Wildman–Crippen LogP) is 2.38. The van der Waals surface area contributed by atoms with Crippen molar-refractivity contribution in [1.29, 1.82) is 0 Å². The van der Waals surface area contributed by atoms with Gasteiger partial charge >= 0.3 is 11.9 Å². The first kappa shape index (κ1) is 34.8. The molecule has 0 aromatic rings. The van der Waals surface area contributed by atoms with E-state index in [1.54, 1.807) is 32.1 Å². The maximum absolute atomic E-state index is 12.9. The molecule has 0 saturated carbocycles. The van der Waals surface area contributed by atoms with Crippen LogP contribution in [0.1, 0.15) is 59.8 Å². The molecular weight excluding hydrogens is 534 g/mol. The number of aliphatic hydroxyl groups is 1. The number of hydrogen-bond acceptors (Lipinski definition) is 11. The Morgan fingerprint density at radius 2 is 1.83 bits per heavy atom. The summed E-state index contributed by atoms with van der Waals surface area (Å²) in [7, 11) is 5.08. The standard InChI is InChI=1S/C30H47NO10/c1-18-15-22(13-14-32)28(41-30-27(36)23(31(5)6)16-20(3)39-30)29(37-7)25(40-21(4)33)17-26(35)38-19(2)11-9-8-10-12-24(18)34/h8-10,12,14,18-20,22-23,25,27-30,36H,11,13,15-17H2,1-7H3/b9-8+,12-10+/t18-,19-,20-,22+,23+,25-,27-,28+,29+,30+/m1/s1. The SMILES string of the molecule is CO[C@@H]1[C@@H](O[C@@H]2O[C@H](C)C[C@H](N(C)C)[C@H]2O)[C@@H](CC=O)C[C@@H](C)C(=O)/C=C/C=C/C[C@@H](C)OC(=O)C[C@H]1OC(C)=O. The summed E-state index contributed by atoms with van der Waals surface area (Å²) in [6.45, 7) is 6.57. The smallest absolute Gasteiger partial charge is 0.309 e. The van der Waals surface area contributed by atoms with Crippen molar-refractivity contribution in [2.45, 2.75) is 109 Å². The Bertz CT molecular complexity index is 934. The van der Waals surface area contributed by atoms with Gasteiger partial charge in [0.15, 0.2) is 12.1 Å². The van der Waals surface area contributed by atoms with Crippen LogP contribution in [-0.4, -0.2) is 104 Å². The van der Waals surface area contributed by atoms with E-state index in [1.165, 1.54) is 20.1 Å². The number of rotatable bonds is 7. The van der Waals surface area contributed by atoms with Gasteiger partial charge < -0.3 is 38.5 Å². The van der Waals surface area contributed by atoms with Crippen LogP contribution in [0.15, 0.2) is 24.3 Å². The van der Waals surface area contributed by atoms with Gasteiger partial charge in [-0.25, -0.2) is 0 Å². The monoisotopic (exact) mass is 581 g/mol. The van der Waals surface area contributed by atoms with Gasteiger partial charge in [-0.05, 0) is 52.8 Å². The summed E-state index contributed by atoms with van der Waals surface area (Å²) < 4.78 is 29.4. The highest BCUT2D eigenvalue weighted by Crippen LogP contribution is 2.33. The topological polar surface area (TPSA) is 138 Å². The third-order valence-corrected chi connectivity index (χ3v) is 7.53. The fourth-order valence-electron chi connectivity index (χ4n) is 5.41. The second-order valence-electron chi connectivity index (χ2n) is 11.3. The number of carbonyl (C=O) groups is 4. The van der Waals surface area contributed by atoms with Crippen molar-refractivity contribution in [1.82, 2.24) is 4.90 Å². The Balaban J connectivity index is 2.59. The lowest BCUT2D eigenvalue weighted by atomic mass is 9.83. The first-order valence-corrected chi connectivity index (χ1v) is 14.2. The van der Waals surface area contributed by atoms with Crippen LogP contribution in [0.2, 0.25) is 0 Å². The van der Waals surface area contributed by atoms with E-state index in [1.807, 2.05) is 25.9 Å². The average Bonchev–Trinajstić information content (AvgIpc) is 2.88. The zero-order chi connectivity index (χ0) is 30.7. The molecule has 1 N–H and O–H groups in total. The zero-order valence-electron chi connectivity index (χ0n) is 25.3. The number of ketones is 1. The maximum Gasteiger partial charge on any atom is 0.309 e. The Morgan fingerprint density at radius 1 is 1.12 bits per heavy atom. The molecule has 11 heteroatoms. The van der Waals surface area contributed by atoms with Gasteiger partial charge in [-0.15, -0.1) is 0 Å². The van der Waals surface area contributed by atoms with Crippen molar-refractivity contribution >= 4 is 24.0 Å². The Kier molecular flexibility index (Phi) is 14.3. The molecule has 2 rings (SSSR count). The molecule has 11 nitrogen and oxygen atoms in total. The van der Waals surface area contributed by atoms with Crippen molar-refractivity contribution in [3.8, 4) is 0 Å². The van der Waals surface area contributed by atoms with Crippen molar-refractivity contribution in [3.63, 3.8) is 0 Å². The molecule has 2 aliphatic rings. The molecule has 1 fully saturated rings. The summed E-state index contributed by atoms with van der Waals surface area (Å²) in [6, 6.07) is -0.278. The van der Waals surface area contributed by atoms with Gasteiger partial charge in [-0.3, -0.25) is 14.4 Å². The second kappa shape index (κ2) is 16.9. The van der Waals surface area contributed by atoms with Crippen LogP contribution in [-0.2, 0) is 42.9 Å². The fourth-order valence-corrected chi connectivity index (χ4v) is 5.41. The summed E-state index contributed by atoms with van der Waals surface area (Å²) in [6.07, 6.45) is 2.04. The quantitative estimate of drug-likeness (QED) is 0.350. The van der Waals surface area contributed by atoms with E-state index in [4.69, 9.17) is 23.7 Å². The molecular formula is C30H47NO10. The van der Waals surface area contributed by atoms with Gasteiger partial charge in [0.25, 0.3) is 0 Å². The van der Waals surface area contributed by atoms with E-state index in [0.717, 1.165) is 6.29 Å². The van der Waals surface area contributed by atoms with Gasteiger partial charge in [-0.1, -0.05) is 25.2 Å². The largest absolute Gasteiger partial charge is 0.462 e. The minimum absolute atomic E-state index is 0.0183. The van der Waals surface area contributed by atoms with Crippen molar-refractivity contribution in [2.75, 3.05) is 21.2 Å².